The summed E-state index contributed by atoms with van der Waals surface area (Å²) in [6.45, 7) is 4.07. The summed E-state index contributed by atoms with van der Waals surface area (Å²) in [5.41, 5.74) is 2.18. The van der Waals surface area contributed by atoms with Gasteiger partial charge >= 0.3 is 0 Å². The minimum absolute atomic E-state index is 0.351. The van der Waals surface area contributed by atoms with Gasteiger partial charge in [0, 0.05) is 16.6 Å². The zero-order valence-electron chi connectivity index (χ0n) is 10.8. The highest BCUT2D eigenvalue weighted by molar-refractivity contribution is 9.10. The van der Waals surface area contributed by atoms with Gasteiger partial charge < -0.3 is 9.84 Å². The molecular formula is C14H16BrN3O. The fraction of sp³-hybridized carbons (Fsp3) is 0.429. The molecule has 5 heteroatoms. The lowest BCUT2D eigenvalue weighted by Gasteiger charge is -2.18. The molecule has 3 rings (SSSR count). The predicted molar refractivity (Wildman–Crippen MR) is 77.0 cm³/mol. The molecule has 100 valence electrons. The molecule has 0 bridgehead atoms. The summed E-state index contributed by atoms with van der Waals surface area (Å²) in [4.78, 5) is 4.54. The van der Waals surface area contributed by atoms with Crippen molar-refractivity contribution in [1.82, 2.24) is 15.5 Å². The first-order chi connectivity index (χ1) is 9.24. The highest BCUT2D eigenvalue weighted by Gasteiger charge is 2.21. The standard InChI is InChI=1S/C14H16BrN3O/c1-9-4-5-10(7-12(9)15)13-17-14(19-18-13)11-3-2-6-16-8-11/h4-5,7,11,16H,2-3,6,8H2,1H3/t11-/m1/s1. The second-order valence-corrected chi connectivity index (χ2v) is 5.82. The van der Waals surface area contributed by atoms with E-state index in [9.17, 15) is 0 Å². The van der Waals surface area contributed by atoms with E-state index in [1.165, 1.54) is 12.0 Å². The van der Waals surface area contributed by atoms with Crippen molar-refractivity contribution in [3.05, 3.63) is 34.1 Å². The second-order valence-electron chi connectivity index (χ2n) is 4.96. The van der Waals surface area contributed by atoms with Gasteiger partial charge in [0.25, 0.3) is 0 Å². The van der Waals surface area contributed by atoms with Crippen LogP contribution in [0.4, 0.5) is 0 Å². The fourth-order valence-corrected chi connectivity index (χ4v) is 2.69. The Balaban J connectivity index is 1.85. The first-order valence-corrected chi connectivity index (χ1v) is 7.34. The maximum absolute atomic E-state index is 5.41. The van der Waals surface area contributed by atoms with Gasteiger partial charge in [-0.05, 0) is 37.9 Å². The summed E-state index contributed by atoms with van der Waals surface area (Å²) >= 11 is 3.53. The molecule has 19 heavy (non-hydrogen) atoms. The highest BCUT2D eigenvalue weighted by atomic mass is 79.9. The van der Waals surface area contributed by atoms with E-state index >= 15 is 0 Å². The molecule has 0 aliphatic carbocycles. The molecule has 0 amide bonds. The van der Waals surface area contributed by atoms with Crippen molar-refractivity contribution in [2.24, 2.45) is 0 Å². The number of nitrogens with zero attached hydrogens (tertiary/aromatic N) is 2. The summed E-state index contributed by atoms with van der Waals surface area (Å²) in [5.74, 6) is 1.77. The van der Waals surface area contributed by atoms with Crippen LogP contribution in [0.25, 0.3) is 11.4 Å². The van der Waals surface area contributed by atoms with Crippen LogP contribution >= 0.6 is 15.9 Å². The lowest BCUT2D eigenvalue weighted by atomic mass is 10.00. The average Bonchev–Trinajstić information content (AvgIpc) is 2.93. The maximum atomic E-state index is 5.41. The SMILES string of the molecule is Cc1ccc(-c2noc([C@@H]3CCCNC3)n2)cc1Br. The van der Waals surface area contributed by atoms with Crippen LogP contribution in [0.2, 0.25) is 0 Å². The third-order valence-corrected chi connectivity index (χ3v) is 4.37. The quantitative estimate of drug-likeness (QED) is 0.922. The van der Waals surface area contributed by atoms with Gasteiger partial charge in [0.05, 0.1) is 5.92 Å². The van der Waals surface area contributed by atoms with Crippen LogP contribution in [0, 0.1) is 6.92 Å². The third kappa shape index (κ3) is 2.72. The minimum atomic E-state index is 0.351. The van der Waals surface area contributed by atoms with Crippen molar-refractivity contribution in [2.45, 2.75) is 25.7 Å². The van der Waals surface area contributed by atoms with E-state index < -0.39 is 0 Å². The molecular weight excluding hydrogens is 306 g/mol. The molecule has 1 aliphatic rings. The lowest BCUT2D eigenvalue weighted by Crippen LogP contribution is -2.28. The Morgan fingerprint density at radius 1 is 1.42 bits per heavy atom. The lowest BCUT2D eigenvalue weighted by molar-refractivity contribution is 0.322. The molecule has 1 aliphatic heterocycles. The van der Waals surface area contributed by atoms with E-state index in [0.29, 0.717) is 11.7 Å². The van der Waals surface area contributed by atoms with Crippen molar-refractivity contribution in [3.8, 4) is 11.4 Å². The number of aryl methyl sites for hydroxylation is 1. The molecule has 1 saturated heterocycles. The first-order valence-electron chi connectivity index (χ1n) is 6.55. The van der Waals surface area contributed by atoms with Crippen molar-refractivity contribution < 1.29 is 4.52 Å². The predicted octanol–water partition coefficient (Wildman–Crippen LogP) is 3.27. The number of hydrogen-bond acceptors (Lipinski definition) is 4. The van der Waals surface area contributed by atoms with Gasteiger partial charge in [-0.2, -0.15) is 4.98 Å². The molecule has 1 fully saturated rings. The van der Waals surface area contributed by atoms with Gasteiger partial charge in [0.1, 0.15) is 0 Å². The van der Waals surface area contributed by atoms with Gasteiger partial charge in [-0.3, -0.25) is 0 Å². The van der Waals surface area contributed by atoms with Crippen LogP contribution in [0.5, 0.6) is 0 Å². The molecule has 0 saturated carbocycles. The summed E-state index contributed by atoms with van der Waals surface area (Å²) in [5, 5.41) is 7.46. The first kappa shape index (κ1) is 12.8. The van der Waals surface area contributed by atoms with Gasteiger partial charge in [-0.25, -0.2) is 0 Å². The molecule has 0 unspecified atom stereocenters. The Kier molecular flexibility index (Phi) is 3.66. The van der Waals surface area contributed by atoms with Crippen molar-refractivity contribution in [3.63, 3.8) is 0 Å². The Morgan fingerprint density at radius 2 is 2.32 bits per heavy atom. The maximum Gasteiger partial charge on any atom is 0.231 e. The molecule has 1 aromatic carbocycles. The van der Waals surface area contributed by atoms with Gasteiger partial charge in [-0.15, -0.1) is 0 Å². The number of halogens is 1. The normalized spacial score (nSPS) is 19.6. The average molecular weight is 322 g/mol. The Bertz CT molecular complexity index is 576. The molecule has 1 N–H and O–H groups in total. The monoisotopic (exact) mass is 321 g/mol. The van der Waals surface area contributed by atoms with Crippen LogP contribution < -0.4 is 5.32 Å². The highest BCUT2D eigenvalue weighted by Crippen LogP contribution is 2.27. The van der Waals surface area contributed by atoms with E-state index in [0.717, 1.165) is 35.4 Å². The number of benzene rings is 1. The second kappa shape index (κ2) is 5.43. The zero-order chi connectivity index (χ0) is 13.2. The molecule has 1 atom stereocenters. The van der Waals surface area contributed by atoms with E-state index in [1.807, 2.05) is 12.1 Å². The molecule has 0 spiro atoms. The van der Waals surface area contributed by atoms with E-state index in [2.05, 4.69) is 44.4 Å². The summed E-state index contributed by atoms with van der Waals surface area (Å²) in [6.07, 6.45) is 2.28. The Labute approximate surface area is 120 Å². The van der Waals surface area contributed by atoms with E-state index in [1.54, 1.807) is 0 Å². The van der Waals surface area contributed by atoms with Gasteiger partial charge in [0.15, 0.2) is 0 Å². The van der Waals surface area contributed by atoms with Crippen LogP contribution in [0.3, 0.4) is 0 Å². The number of rotatable bonds is 2. The number of piperidine rings is 1. The largest absolute Gasteiger partial charge is 0.339 e. The topological polar surface area (TPSA) is 51.0 Å². The smallest absolute Gasteiger partial charge is 0.231 e. The summed E-state index contributed by atoms with van der Waals surface area (Å²) < 4.78 is 6.48. The number of hydrogen-bond donors (Lipinski definition) is 1. The van der Waals surface area contributed by atoms with Crippen molar-refractivity contribution in [1.29, 1.82) is 0 Å². The minimum Gasteiger partial charge on any atom is -0.339 e. The molecule has 1 aromatic heterocycles. The van der Waals surface area contributed by atoms with Crippen LogP contribution in [-0.2, 0) is 0 Å². The fourth-order valence-electron chi connectivity index (χ4n) is 2.31. The third-order valence-electron chi connectivity index (χ3n) is 3.52. The van der Waals surface area contributed by atoms with E-state index in [4.69, 9.17) is 4.52 Å². The van der Waals surface area contributed by atoms with Crippen molar-refractivity contribution >= 4 is 15.9 Å². The van der Waals surface area contributed by atoms with Crippen LogP contribution in [0.15, 0.2) is 27.2 Å². The number of nitrogens with one attached hydrogen (secondary N) is 1. The molecule has 2 heterocycles. The van der Waals surface area contributed by atoms with Crippen LogP contribution in [-0.4, -0.2) is 23.2 Å². The van der Waals surface area contributed by atoms with Crippen molar-refractivity contribution in [2.75, 3.05) is 13.1 Å². The van der Waals surface area contributed by atoms with Gasteiger partial charge in [0.2, 0.25) is 11.7 Å². The summed E-state index contributed by atoms with van der Waals surface area (Å²) in [6, 6.07) is 6.11. The molecule has 4 nitrogen and oxygen atoms in total. The zero-order valence-corrected chi connectivity index (χ0v) is 12.4. The van der Waals surface area contributed by atoms with Gasteiger partial charge in [-0.1, -0.05) is 33.2 Å². The Hall–Kier alpha value is -1.20. The molecule has 2 aromatic rings. The number of aromatic nitrogens is 2. The summed E-state index contributed by atoms with van der Waals surface area (Å²) in [7, 11) is 0. The molecule has 0 radical (unpaired) electrons. The van der Waals surface area contributed by atoms with E-state index in [-0.39, 0.29) is 0 Å². The Morgan fingerprint density at radius 3 is 3.05 bits per heavy atom. The van der Waals surface area contributed by atoms with Crippen LogP contribution in [0.1, 0.15) is 30.2 Å².